The summed E-state index contributed by atoms with van der Waals surface area (Å²) in [7, 11) is 0.997. The highest BCUT2D eigenvalue weighted by Gasteiger charge is 2.42. The number of hydrazone groups is 1. The summed E-state index contributed by atoms with van der Waals surface area (Å²) in [4.78, 5) is 12.0. The summed E-state index contributed by atoms with van der Waals surface area (Å²) < 4.78 is 87.0. The van der Waals surface area contributed by atoms with E-state index in [1.807, 2.05) is 6.08 Å². The van der Waals surface area contributed by atoms with Gasteiger partial charge < -0.3 is 15.5 Å². The number of fused-ring (bicyclic) bond motifs is 5. The van der Waals surface area contributed by atoms with Gasteiger partial charge in [-0.15, -0.1) is 0 Å². The molecule has 2 aliphatic carbocycles. The first-order valence-electron chi connectivity index (χ1n) is 12.0. The third kappa shape index (κ3) is 4.25. The molecule has 15 heteroatoms. The van der Waals surface area contributed by atoms with Crippen molar-refractivity contribution in [3.63, 3.8) is 0 Å². The summed E-state index contributed by atoms with van der Waals surface area (Å²) in [6.07, 6.45) is -0.931. The topological polar surface area (TPSA) is 113 Å². The van der Waals surface area contributed by atoms with Gasteiger partial charge in [0.15, 0.2) is 5.69 Å². The van der Waals surface area contributed by atoms with Crippen molar-refractivity contribution in [2.45, 2.75) is 50.0 Å². The molecule has 2 atom stereocenters. The fraction of sp³-hybridized carbons (Fsp3) is 0.375. The van der Waals surface area contributed by atoms with Gasteiger partial charge in [-0.25, -0.2) is 9.97 Å². The molecule has 204 valence electrons. The second-order valence-corrected chi connectivity index (χ2v) is 9.30. The highest BCUT2D eigenvalue weighted by molar-refractivity contribution is 5.84. The Balaban J connectivity index is 1.51. The molecule has 9 nitrogen and oxygen atoms in total. The molecule has 2 unspecified atom stereocenters. The summed E-state index contributed by atoms with van der Waals surface area (Å²) in [6, 6.07) is -0.0557. The summed E-state index contributed by atoms with van der Waals surface area (Å²) in [5.74, 6) is -1.55. The van der Waals surface area contributed by atoms with Crippen LogP contribution in [0.1, 0.15) is 52.4 Å². The quantitative estimate of drug-likeness (QED) is 0.392. The van der Waals surface area contributed by atoms with Gasteiger partial charge in [0.25, 0.3) is 0 Å². The van der Waals surface area contributed by atoms with Crippen molar-refractivity contribution in [1.82, 2.24) is 30.6 Å². The molecule has 0 saturated heterocycles. The minimum Gasteiger partial charge on any atom is -0.480 e. The molecule has 3 aliphatic rings. The SMILES string of the molecule is COc1nc(Nc2[nH]nc(C(F)(F)F)c2-c2nc3c(c4c2CCCC4)C2C=NNC2C=C3)ncc1C(F)(F)F. The molecule has 1 aliphatic heterocycles. The van der Waals surface area contributed by atoms with Crippen LogP contribution in [0.2, 0.25) is 0 Å². The Morgan fingerprint density at radius 1 is 1.03 bits per heavy atom. The number of pyridine rings is 1. The van der Waals surface area contributed by atoms with E-state index in [4.69, 9.17) is 9.72 Å². The van der Waals surface area contributed by atoms with E-state index in [9.17, 15) is 26.3 Å². The van der Waals surface area contributed by atoms with Crippen LogP contribution in [0.3, 0.4) is 0 Å². The zero-order valence-corrected chi connectivity index (χ0v) is 20.2. The van der Waals surface area contributed by atoms with Gasteiger partial charge in [0, 0.05) is 18.3 Å². The van der Waals surface area contributed by atoms with E-state index in [1.165, 1.54) is 0 Å². The first-order chi connectivity index (χ1) is 18.6. The molecule has 4 heterocycles. The maximum atomic E-state index is 14.2. The Bertz CT molecular complexity index is 1510. The minimum absolute atomic E-state index is 0.0557. The van der Waals surface area contributed by atoms with Gasteiger partial charge in [-0.3, -0.25) is 5.10 Å². The average Bonchev–Trinajstić information content (AvgIpc) is 3.54. The second-order valence-electron chi connectivity index (χ2n) is 9.30. The van der Waals surface area contributed by atoms with E-state index in [1.54, 1.807) is 12.3 Å². The summed E-state index contributed by atoms with van der Waals surface area (Å²) >= 11 is 0. The number of nitrogens with zero attached hydrogens (tertiary/aromatic N) is 5. The highest BCUT2D eigenvalue weighted by atomic mass is 19.4. The molecule has 0 fully saturated rings. The van der Waals surface area contributed by atoms with E-state index < -0.39 is 35.4 Å². The smallest absolute Gasteiger partial charge is 0.435 e. The molecule has 0 bridgehead atoms. The number of hydrogen-bond donors (Lipinski definition) is 3. The molecular formula is C24H20F6N8O. The molecule has 39 heavy (non-hydrogen) atoms. The van der Waals surface area contributed by atoms with E-state index >= 15 is 0 Å². The predicted octanol–water partition coefficient (Wildman–Crippen LogP) is 5.00. The van der Waals surface area contributed by atoms with Gasteiger partial charge in [-0.2, -0.15) is 41.5 Å². The lowest BCUT2D eigenvalue weighted by Crippen LogP contribution is -2.29. The van der Waals surface area contributed by atoms with E-state index in [2.05, 4.69) is 36.0 Å². The molecule has 3 aromatic rings. The van der Waals surface area contributed by atoms with Crippen LogP contribution in [0.5, 0.6) is 5.88 Å². The number of ether oxygens (including phenoxy) is 1. The fourth-order valence-corrected chi connectivity index (χ4v) is 5.32. The Hall–Kier alpha value is -4.17. The molecule has 0 amide bonds. The van der Waals surface area contributed by atoms with Crippen LogP contribution in [0, 0.1) is 0 Å². The van der Waals surface area contributed by atoms with Gasteiger partial charge >= 0.3 is 12.4 Å². The molecule has 0 radical (unpaired) electrons. The van der Waals surface area contributed by atoms with Crippen molar-refractivity contribution in [1.29, 1.82) is 0 Å². The van der Waals surface area contributed by atoms with Gasteiger partial charge in [0.1, 0.15) is 11.4 Å². The Morgan fingerprint density at radius 2 is 1.79 bits per heavy atom. The third-order valence-corrected chi connectivity index (χ3v) is 6.99. The number of anilines is 2. The van der Waals surface area contributed by atoms with Crippen LogP contribution in [0.15, 0.2) is 17.4 Å². The summed E-state index contributed by atoms with van der Waals surface area (Å²) in [5, 5.41) is 12.6. The molecule has 0 saturated carbocycles. The minimum atomic E-state index is -4.85. The number of methoxy groups -OCH3 is 1. The Kier molecular flexibility index (Phi) is 5.77. The maximum absolute atomic E-state index is 14.2. The standard InChI is InChI=1S/C24H20F6N8O/c1-39-21-13(23(25,26)27)9-31-22(35-21)34-20-17(19(37-38-20)24(28,29)30)18-11-5-3-2-4-10(11)16-12-8-32-36-14(12)6-7-15(16)33-18/h6-9,12,14,36H,2-5H2,1H3,(H2,31,34,35,37,38). The molecule has 0 spiro atoms. The predicted molar refractivity (Wildman–Crippen MR) is 128 cm³/mol. The average molecular weight is 550 g/mol. The Morgan fingerprint density at radius 3 is 2.51 bits per heavy atom. The normalized spacial score (nSPS) is 19.8. The lowest BCUT2D eigenvalue weighted by molar-refractivity contribution is -0.141. The number of rotatable bonds is 4. The number of aromatic amines is 1. The highest BCUT2D eigenvalue weighted by Crippen LogP contribution is 2.46. The van der Waals surface area contributed by atoms with Crippen molar-refractivity contribution >= 4 is 24.1 Å². The lowest BCUT2D eigenvalue weighted by Gasteiger charge is -2.30. The molecule has 3 N–H and O–H groups in total. The van der Waals surface area contributed by atoms with Crippen LogP contribution in [0.25, 0.3) is 17.3 Å². The lowest BCUT2D eigenvalue weighted by atomic mass is 9.77. The Labute approximate surface area is 216 Å². The number of aromatic nitrogens is 5. The van der Waals surface area contributed by atoms with Crippen molar-refractivity contribution in [2.75, 3.05) is 12.4 Å². The van der Waals surface area contributed by atoms with E-state index in [0.717, 1.165) is 31.1 Å². The van der Waals surface area contributed by atoms with Crippen molar-refractivity contribution in [3.8, 4) is 17.1 Å². The van der Waals surface area contributed by atoms with E-state index in [-0.39, 0.29) is 29.0 Å². The molecule has 0 aromatic carbocycles. The van der Waals surface area contributed by atoms with Gasteiger partial charge in [0.2, 0.25) is 11.8 Å². The first kappa shape index (κ1) is 25.1. The van der Waals surface area contributed by atoms with Crippen LogP contribution in [-0.2, 0) is 25.2 Å². The van der Waals surface area contributed by atoms with Gasteiger partial charge in [0.05, 0.1) is 30.1 Å². The van der Waals surface area contributed by atoms with Crippen molar-refractivity contribution < 1.29 is 31.1 Å². The van der Waals surface area contributed by atoms with Crippen LogP contribution < -0.4 is 15.5 Å². The molecular weight excluding hydrogens is 530 g/mol. The van der Waals surface area contributed by atoms with Crippen LogP contribution >= 0.6 is 0 Å². The second kappa shape index (κ2) is 8.95. The zero-order chi connectivity index (χ0) is 27.5. The monoisotopic (exact) mass is 550 g/mol. The summed E-state index contributed by atoms with van der Waals surface area (Å²) in [6.45, 7) is 0. The number of H-pyrrole nitrogens is 1. The maximum Gasteiger partial charge on any atom is 0.435 e. The van der Waals surface area contributed by atoms with Crippen molar-refractivity contribution in [3.05, 3.63) is 45.9 Å². The van der Waals surface area contributed by atoms with Crippen LogP contribution in [-0.4, -0.2) is 44.5 Å². The van der Waals surface area contributed by atoms with Gasteiger partial charge in [-0.05, 0) is 48.4 Å². The number of hydrogen-bond acceptors (Lipinski definition) is 8. The molecule has 6 rings (SSSR count). The first-order valence-corrected chi connectivity index (χ1v) is 12.0. The third-order valence-electron chi connectivity index (χ3n) is 6.99. The largest absolute Gasteiger partial charge is 0.480 e. The van der Waals surface area contributed by atoms with Crippen molar-refractivity contribution in [2.24, 2.45) is 5.10 Å². The van der Waals surface area contributed by atoms with Crippen LogP contribution in [0.4, 0.5) is 38.1 Å². The van der Waals surface area contributed by atoms with Gasteiger partial charge in [-0.1, -0.05) is 6.08 Å². The number of nitrogens with one attached hydrogen (secondary N) is 3. The zero-order valence-electron chi connectivity index (χ0n) is 20.2. The summed E-state index contributed by atoms with van der Waals surface area (Å²) in [5.41, 5.74) is 3.40. The fourth-order valence-electron chi connectivity index (χ4n) is 5.32. The molecule has 3 aromatic heterocycles. The number of alkyl halides is 6. The number of halogens is 6. The van der Waals surface area contributed by atoms with E-state index in [0.29, 0.717) is 30.3 Å².